The van der Waals surface area contributed by atoms with Gasteiger partial charge in [-0.3, -0.25) is 4.68 Å². The summed E-state index contributed by atoms with van der Waals surface area (Å²) >= 11 is 0. The van der Waals surface area contributed by atoms with Crippen molar-refractivity contribution in [3.63, 3.8) is 0 Å². The Balaban J connectivity index is 1.45. The van der Waals surface area contributed by atoms with E-state index in [1.807, 2.05) is 36.4 Å². The molecule has 3 aromatic rings. The monoisotopic (exact) mass is 381 g/mol. The summed E-state index contributed by atoms with van der Waals surface area (Å²) in [5.74, 6) is -0.348. The summed E-state index contributed by atoms with van der Waals surface area (Å²) in [4.78, 5) is 12.2. The van der Waals surface area contributed by atoms with Crippen molar-refractivity contribution in [2.24, 2.45) is 0 Å². The molecule has 0 spiro atoms. The van der Waals surface area contributed by atoms with Crippen molar-refractivity contribution in [3.05, 3.63) is 71.5 Å². The fourth-order valence-electron chi connectivity index (χ4n) is 2.79. The molecule has 2 aromatic carbocycles. The number of aryl methyl sites for hydroxylation is 1. The highest BCUT2D eigenvalue weighted by molar-refractivity contribution is 5.90. The van der Waals surface area contributed by atoms with Gasteiger partial charge >= 0.3 is 5.97 Å². The fraction of sp³-hybridized carbons (Fsp3) is 0.286. The molecule has 0 radical (unpaired) electrons. The van der Waals surface area contributed by atoms with Gasteiger partial charge < -0.3 is 14.9 Å². The summed E-state index contributed by atoms with van der Waals surface area (Å²) in [6, 6.07) is 14.9. The minimum Gasteiger partial charge on any atom is -0.462 e. The SMILES string of the molecule is O=C(OCCCCn1cc(CO)nn1)c1ccc(-c2cccc(CO)c2)cc1. The summed E-state index contributed by atoms with van der Waals surface area (Å²) < 4.78 is 6.98. The lowest BCUT2D eigenvalue weighted by Crippen LogP contribution is -2.07. The third-order valence-corrected chi connectivity index (χ3v) is 4.33. The van der Waals surface area contributed by atoms with Crippen LogP contribution in [0.4, 0.5) is 0 Å². The Labute approximate surface area is 163 Å². The number of hydrogen-bond acceptors (Lipinski definition) is 6. The third kappa shape index (κ3) is 5.25. The maximum absolute atomic E-state index is 12.2. The molecule has 7 nitrogen and oxygen atoms in total. The van der Waals surface area contributed by atoms with Gasteiger partial charge in [0.2, 0.25) is 0 Å². The van der Waals surface area contributed by atoms with Crippen LogP contribution in [0, 0.1) is 0 Å². The number of carbonyl (C=O) groups excluding carboxylic acids is 1. The normalized spacial score (nSPS) is 10.8. The van der Waals surface area contributed by atoms with Crippen LogP contribution in [0.15, 0.2) is 54.7 Å². The molecule has 146 valence electrons. The fourth-order valence-corrected chi connectivity index (χ4v) is 2.79. The van der Waals surface area contributed by atoms with Crippen LogP contribution in [0.1, 0.15) is 34.5 Å². The second-order valence-electron chi connectivity index (χ2n) is 6.41. The first kappa shape index (κ1) is 19.7. The molecule has 0 atom stereocenters. The number of rotatable bonds is 9. The number of esters is 1. The first-order valence-electron chi connectivity index (χ1n) is 9.17. The number of aliphatic hydroxyl groups is 2. The van der Waals surface area contributed by atoms with Crippen LogP contribution in [-0.4, -0.2) is 37.8 Å². The van der Waals surface area contributed by atoms with Crippen LogP contribution in [0.5, 0.6) is 0 Å². The lowest BCUT2D eigenvalue weighted by atomic mass is 10.0. The van der Waals surface area contributed by atoms with Gasteiger partial charge in [-0.25, -0.2) is 4.79 Å². The number of ether oxygens (including phenoxy) is 1. The largest absolute Gasteiger partial charge is 0.462 e. The number of aromatic nitrogens is 3. The standard InChI is InChI=1S/C21H23N3O4/c25-14-16-4-3-5-19(12-16)17-6-8-18(9-7-17)21(27)28-11-2-1-10-24-13-20(15-26)22-23-24/h3-9,12-13,25-26H,1-2,10-11,14-15H2. The molecule has 0 aliphatic rings. The van der Waals surface area contributed by atoms with Gasteiger partial charge in [-0.1, -0.05) is 35.5 Å². The minimum atomic E-state index is -0.348. The molecule has 0 fully saturated rings. The molecule has 28 heavy (non-hydrogen) atoms. The van der Waals surface area contributed by atoms with E-state index in [9.17, 15) is 9.90 Å². The van der Waals surface area contributed by atoms with Crippen molar-refractivity contribution in [2.45, 2.75) is 32.6 Å². The van der Waals surface area contributed by atoms with E-state index in [0.717, 1.165) is 23.1 Å². The van der Waals surface area contributed by atoms with E-state index in [-0.39, 0.29) is 19.2 Å². The zero-order valence-electron chi connectivity index (χ0n) is 15.5. The number of nitrogens with zero attached hydrogens (tertiary/aromatic N) is 3. The number of hydrogen-bond donors (Lipinski definition) is 2. The van der Waals surface area contributed by atoms with Crippen molar-refractivity contribution < 1.29 is 19.7 Å². The van der Waals surface area contributed by atoms with Crippen molar-refractivity contribution in [1.82, 2.24) is 15.0 Å². The molecule has 2 N–H and O–H groups in total. The topological polar surface area (TPSA) is 97.5 Å². The highest BCUT2D eigenvalue weighted by Gasteiger charge is 2.08. The van der Waals surface area contributed by atoms with E-state index in [0.29, 0.717) is 30.8 Å². The van der Waals surface area contributed by atoms with Gasteiger partial charge in [-0.05, 0) is 47.7 Å². The predicted molar refractivity (Wildman–Crippen MR) is 103 cm³/mol. The molecule has 0 aliphatic heterocycles. The zero-order valence-corrected chi connectivity index (χ0v) is 15.5. The van der Waals surface area contributed by atoms with Crippen molar-refractivity contribution >= 4 is 5.97 Å². The third-order valence-electron chi connectivity index (χ3n) is 4.33. The second kappa shape index (κ2) is 9.77. The van der Waals surface area contributed by atoms with Crippen LogP contribution in [0.3, 0.4) is 0 Å². The maximum atomic E-state index is 12.2. The molecule has 1 aromatic heterocycles. The Morgan fingerprint density at radius 1 is 1.00 bits per heavy atom. The molecule has 0 amide bonds. The van der Waals surface area contributed by atoms with Gasteiger partial charge in [0.1, 0.15) is 5.69 Å². The van der Waals surface area contributed by atoms with Gasteiger partial charge in [0.25, 0.3) is 0 Å². The van der Waals surface area contributed by atoms with Crippen LogP contribution >= 0.6 is 0 Å². The molecular formula is C21H23N3O4. The Morgan fingerprint density at radius 2 is 1.82 bits per heavy atom. The summed E-state index contributed by atoms with van der Waals surface area (Å²) in [7, 11) is 0. The molecule has 0 saturated carbocycles. The molecule has 3 rings (SSSR count). The molecule has 0 bridgehead atoms. The van der Waals surface area contributed by atoms with E-state index in [4.69, 9.17) is 9.84 Å². The second-order valence-corrected chi connectivity index (χ2v) is 6.41. The average Bonchev–Trinajstić information content (AvgIpc) is 3.21. The summed E-state index contributed by atoms with van der Waals surface area (Å²) in [6.07, 6.45) is 3.21. The van der Waals surface area contributed by atoms with Crippen molar-refractivity contribution in [3.8, 4) is 11.1 Å². The summed E-state index contributed by atoms with van der Waals surface area (Å²) in [6.45, 7) is 0.869. The summed E-state index contributed by atoms with van der Waals surface area (Å²) in [5.41, 5.74) is 3.86. The van der Waals surface area contributed by atoms with Crippen LogP contribution in [0.25, 0.3) is 11.1 Å². The highest BCUT2D eigenvalue weighted by atomic mass is 16.5. The Hall–Kier alpha value is -3.03. The summed E-state index contributed by atoms with van der Waals surface area (Å²) in [5, 5.41) is 25.9. The maximum Gasteiger partial charge on any atom is 0.338 e. The minimum absolute atomic E-state index is 0.00223. The molecule has 0 saturated heterocycles. The lowest BCUT2D eigenvalue weighted by Gasteiger charge is -2.07. The van der Waals surface area contributed by atoms with Crippen molar-refractivity contribution in [2.75, 3.05) is 6.61 Å². The number of carbonyl (C=O) groups is 1. The van der Waals surface area contributed by atoms with E-state index in [1.165, 1.54) is 0 Å². The first-order chi connectivity index (χ1) is 13.7. The van der Waals surface area contributed by atoms with E-state index < -0.39 is 0 Å². The van der Waals surface area contributed by atoms with E-state index >= 15 is 0 Å². The quantitative estimate of drug-likeness (QED) is 0.437. The van der Waals surface area contributed by atoms with Gasteiger partial charge in [0, 0.05) is 6.54 Å². The number of aliphatic hydroxyl groups excluding tert-OH is 2. The molecule has 0 aliphatic carbocycles. The van der Waals surface area contributed by atoms with Crippen molar-refractivity contribution in [1.29, 1.82) is 0 Å². The van der Waals surface area contributed by atoms with Gasteiger partial charge in [0.05, 0.1) is 31.6 Å². The van der Waals surface area contributed by atoms with Gasteiger partial charge in [0.15, 0.2) is 0 Å². The van der Waals surface area contributed by atoms with Gasteiger partial charge in [-0.15, -0.1) is 5.10 Å². The predicted octanol–water partition coefficient (Wildman–Crippen LogP) is 2.57. The zero-order chi connectivity index (χ0) is 19.8. The lowest BCUT2D eigenvalue weighted by molar-refractivity contribution is 0.0497. The molecule has 1 heterocycles. The first-order valence-corrected chi connectivity index (χ1v) is 9.17. The van der Waals surface area contributed by atoms with E-state index in [2.05, 4.69) is 10.3 Å². The van der Waals surface area contributed by atoms with Gasteiger partial charge in [-0.2, -0.15) is 0 Å². The molecular weight excluding hydrogens is 358 g/mol. The smallest absolute Gasteiger partial charge is 0.338 e. The number of benzene rings is 2. The Morgan fingerprint density at radius 3 is 2.54 bits per heavy atom. The molecule has 7 heteroatoms. The Bertz CT molecular complexity index is 906. The molecule has 0 unspecified atom stereocenters. The number of unbranched alkanes of at least 4 members (excludes halogenated alkanes) is 1. The highest BCUT2D eigenvalue weighted by Crippen LogP contribution is 2.21. The van der Waals surface area contributed by atoms with E-state index in [1.54, 1.807) is 23.0 Å². The van der Waals surface area contributed by atoms with Crippen LogP contribution in [0.2, 0.25) is 0 Å². The van der Waals surface area contributed by atoms with Crippen LogP contribution in [-0.2, 0) is 24.5 Å². The Kier molecular flexibility index (Phi) is 6.89. The average molecular weight is 381 g/mol. The van der Waals surface area contributed by atoms with Crippen LogP contribution < -0.4 is 0 Å².